The molecule has 2 atom stereocenters. The Labute approximate surface area is 126 Å². The van der Waals surface area contributed by atoms with Gasteiger partial charge in [-0.1, -0.05) is 26.0 Å². The fourth-order valence-electron chi connectivity index (χ4n) is 3.34. The third-order valence-corrected chi connectivity index (χ3v) is 4.27. The van der Waals surface area contributed by atoms with Gasteiger partial charge >= 0.3 is 0 Å². The van der Waals surface area contributed by atoms with E-state index in [1.807, 2.05) is 0 Å². The highest BCUT2D eigenvalue weighted by molar-refractivity contribution is 5.76. The first-order valence-corrected chi connectivity index (χ1v) is 8.12. The Kier molecular flexibility index (Phi) is 4.56. The number of benzene rings is 1. The number of imidazole rings is 1. The lowest BCUT2D eigenvalue weighted by Gasteiger charge is -2.34. The van der Waals surface area contributed by atoms with Gasteiger partial charge in [-0.15, -0.1) is 0 Å². The first-order valence-electron chi connectivity index (χ1n) is 8.12. The number of para-hydroxylation sites is 2. The van der Waals surface area contributed by atoms with Crippen LogP contribution < -0.4 is 5.32 Å². The summed E-state index contributed by atoms with van der Waals surface area (Å²) in [6.45, 7) is 7.00. The van der Waals surface area contributed by atoms with Crippen LogP contribution in [0.3, 0.4) is 0 Å². The van der Waals surface area contributed by atoms with Gasteiger partial charge in [0.1, 0.15) is 5.82 Å². The number of hydrogen-bond donors (Lipinski definition) is 1. The van der Waals surface area contributed by atoms with Crippen molar-refractivity contribution in [2.75, 3.05) is 19.8 Å². The van der Waals surface area contributed by atoms with E-state index in [-0.39, 0.29) is 0 Å². The Morgan fingerprint density at radius 3 is 3.00 bits per heavy atom. The van der Waals surface area contributed by atoms with Gasteiger partial charge in [-0.25, -0.2) is 4.98 Å². The van der Waals surface area contributed by atoms with Crippen molar-refractivity contribution >= 4 is 11.0 Å². The highest BCUT2D eigenvalue weighted by Crippen LogP contribution is 2.28. The third-order valence-electron chi connectivity index (χ3n) is 4.27. The van der Waals surface area contributed by atoms with Gasteiger partial charge in [0.2, 0.25) is 0 Å². The number of nitrogens with zero attached hydrogens (tertiary/aromatic N) is 2. The number of aryl methyl sites for hydroxylation is 1. The number of fused-ring (bicyclic) bond motifs is 1. The van der Waals surface area contributed by atoms with Gasteiger partial charge in [0.15, 0.2) is 0 Å². The highest BCUT2D eigenvalue weighted by Gasteiger charge is 2.29. The summed E-state index contributed by atoms with van der Waals surface area (Å²) in [6, 6.07) is 9.26. The Balaban J connectivity index is 2.05. The molecule has 0 aliphatic carbocycles. The molecule has 1 aliphatic heterocycles. The monoisotopic (exact) mass is 287 g/mol. The Morgan fingerprint density at radius 2 is 2.19 bits per heavy atom. The van der Waals surface area contributed by atoms with Crippen LogP contribution in [-0.2, 0) is 11.2 Å². The minimum atomic E-state index is 0.340. The third kappa shape index (κ3) is 2.83. The molecule has 114 valence electrons. The molecule has 21 heavy (non-hydrogen) atoms. The average molecular weight is 287 g/mol. The number of aromatic nitrogens is 2. The van der Waals surface area contributed by atoms with Gasteiger partial charge in [-0.05, 0) is 31.5 Å². The van der Waals surface area contributed by atoms with E-state index in [2.05, 4.69) is 48.0 Å². The van der Waals surface area contributed by atoms with E-state index in [0.29, 0.717) is 12.1 Å². The molecule has 1 N–H and O–H groups in total. The molecule has 0 spiro atoms. The summed E-state index contributed by atoms with van der Waals surface area (Å²) in [5, 5.41) is 3.63. The molecule has 2 heterocycles. The predicted molar refractivity (Wildman–Crippen MR) is 85.7 cm³/mol. The van der Waals surface area contributed by atoms with E-state index < -0.39 is 0 Å². The Bertz CT molecular complexity index is 591. The molecule has 2 aromatic rings. The second-order valence-electron chi connectivity index (χ2n) is 5.73. The fraction of sp³-hybridized carbons (Fsp3) is 0.588. The number of likely N-dealkylation sites (N-methyl/N-ethyl adjacent to an activating group) is 1. The molecule has 4 heteroatoms. The second-order valence-corrected chi connectivity index (χ2v) is 5.73. The molecule has 1 aromatic heterocycles. The van der Waals surface area contributed by atoms with E-state index in [1.165, 1.54) is 11.3 Å². The molecular weight excluding hydrogens is 262 g/mol. The maximum Gasteiger partial charge on any atom is 0.110 e. The lowest BCUT2D eigenvalue weighted by Crippen LogP contribution is -2.44. The lowest BCUT2D eigenvalue weighted by molar-refractivity contribution is 0.0379. The van der Waals surface area contributed by atoms with Crippen LogP contribution in [0.2, 0.25) is 0 Å². The molecule has 1 fully saturated rings. The summed E-state index contributed by atoms with van der Waals surface area (Å²) in [5.41, 5.74) is 2.33. The first-order chi connectivity index (χ1) is 10.3. The largest absolute Gasteiger partial charge is 0.379 e. The molecule has 0 saturated carbocycles. The van der Waals surface area contributed by atoms with Crippen molar-refractivity contribution in [1.82, 2.24) is 14.9 Å². The number of ether oxygens (including phenoxy) is 1. The van der Waals surface area contributed by atoms with Gasteiger partial charge < -0.3 is 14.6 Å². The van der Waals surface area contributed by atoms with Crippen LogP contribution in [-0.4, -0.2) is 35.4 Å². The molecule has 4 nitrogen and oxygen atoms in total. The van der Waals surface area contributed by atoms with Crippen LogP contribution in [0.4, 0.5) is 0 Å². The van der Waals surface area contributed by atoms with E-state index in [9.17, 15) is 0 Å². The Morgan fingerprint density at radius 1 is 1.33 bits per heavy atom. The highest BCUT2D eigenvalue weighted by atomic mass is 16.5. The molecule has 3 rings (SSSR count). The summed E-state index contributed by atoms with van der Waals surface area (Å²) in [4.78, 5) is 4.85. The zero-order chi connectivity index (χ0) is 14.7. The quantitative estimate of drug-likeness (QED) is 0.919. The molecular formula is C17H25N3O. The van der Waals surface area contributed by atoms with Gasteiger partial charge in [0.05, 0.1) is 23.7 Å². The summed E-state index contributed by atoms with van der Waals surface area (Å²) >= 11 is 0. The summed E-state index contributed by atoms with van der Waals surface area (Å²) in [7, 11) is 0. The lowest BCUT2D eigenvalue weighted by atomic mass is 10.0. The van der Waals surface area contributed by atoms with Gasteiger partial charge in [0, 0.05) is 19.1 Å². The van der Waals surface area contributed by atoms with Crippen LogP contribution in [0, 0.1) is 0 Å². The maximum absolute atomic E-state index is 5.78. The average Bonchev–Trinajstić information content (AvgIpc) is 2.86. The van der Waals surface area contributed by atoms with Crippen molar-refractivity contribution in [3.8, 4) is 0 Å². The van der Waals surface area contributed by atoms with Crippen molar-refractivity contribution in [2.24, 2.45) is 0 Å². The van der Waals surface area contributed by atoms with Crippen molar-refractivity contribution in [1.29, 1.82) is 0 Å². The molecule has 0 amide bonds. The van der Waals surface area contributed by atoms with E-state index in [0.717, 1.165) is 44.5 Å². The number of nitrogens with one attached hydrogen (secondary N) is 1. The van der Waals surface area contributed by atoms with Gasteiger partial charge in [-0.3, -0.25) is 0 Å². The standard InChI is InChI=1S/C17H25N3O/c1-3-7-17-19-14-8-5-6-9-15(14)20(17)16-12-21-11-10-13(16)18-4-2/h5-6,8-9,13,16,18H,3-4,7,10-12H2,1-2H3. The summed E-state index contributed by atoms with van der Waals surface area (Å²) in [6.07, 6.45) is 3.20. The van der Waals surface area contributed by atoms with Crippen molar-refractivity contribution in [3.63, 3.8) is 0 Å². The van der Waals surface area contributed by atoms with Crippen LogP contribution >= 0.6 is 0 Å². The molecule has 1 aliphatic rings. The van der Waals surface area contributed by atoms with Crippen LogP contribution in [0.5, 0.6) is 0 Å². The zero-order valence-corrected chi connectivity index (χ0v) is 13.0. The van der Waals surface area contributed by atoms with Gasteiger partial charge in [-0.2, -0.15) is 0 Å². The molecule has 0 radical (unpaired) electrons. The molecule has 1 aromatic carbocycles. The Hall–Kier alpha value is -1.39. The van der Waals surface area contributed by atoms with Gasteiger partial charge in [0.25, 0.3) is 0 Å². The molecule has 0 bridgehead atoms. The zero-order valence-electron chi connectivity index (χ0n) is 13.0. The van der Waals surface area contributed by atoms with Crippen LogP contribution in [0.25, 0.3) is 11.0 Å². The SMILES string of the molecule is CCCc1nc2ccccc2n1C1COCCC1NCC. The van der Waals surface area contributed by atoms with Crippen molar-refractivity contribution < 1.29 is 4.74 Å². The number of rotatable bonds is 5. The minimum absolute atomic E-state index is 0.340. The summed E-state index contributed by atoms with van der Waals surface area (Å²) in [5.74, 6) is 1.19. The predicted octanol–water partition coefficient (Wildman–Crippen LogP) is 2.93. The summed E-state index contributed by atoms with van der Waals surface area (Å²) < 4.78 is 8.20. The van der Waals surface area contributed by atoms with E-state index >= 15 is 0 Å². The van der Waals surface area contributed by atoms with E-state index in [4.69, 9.17) is 9.72 Å². The minimum Gasteiger partial charge on any atom is -0.379 e. The smallest absolute Gasteiger partial charge is 0.110 e. The second kappa shape index (κ2) is 6.58. The van der Waals surface area contributed by atoms with Crippen molar-refractivity contribution in [2.45, 2.75) is 45.2 Å². The van der Waals surface area contributed by atoms with Crippen molar-refractivity contribution in [3.05, 3.63) is 30.1 Å². The maximum atomic E-state index is 5.78. The van der Waals surface area contributed by atoms with Crippen LogP contribution in [0.15, 0.2) is 24.3 Å². The van der Waals surface area contributed by atoms with Crippen LogP contribution in [0.1, 0.15) is 38.6 Å². The first kappa shape index (κ1) is 14.5. The fourth-order valence-corrected chi connectivity index (χ4v) is 3.34. The molecule has 1 saturated heterocycles. The normalized spacial score (nSPS) is 22.8. The molecule has 2 unspecified atom stereocenters. The van der Waals surface area contributed by atoms with E-state index in [1.54, 1.807) is 0 Å². The number of hydrogen-bond acceptors (Lipinski definition) is 3. The topological polar surface area (TPSA) is 39.1 Å².